The molecule has 0 N–H and O–H groups in total. The van der Waals surface area contributed by atoms with E-state index in [1.54, 1.807) is 0 Å². The predicted molar refractivity (Wildman–Crippen MR) is 81.4 cm³/mol. The molecule has 0 aliphatic rings. The fourth-order valence-electron chi connectivity index (χ4n) is 2.84. The Bertz CT molecular complexity index is 919. The first-order chi connectivity index (χ1) is 9.77. The fourth-order valence-corrected chi connectivity index (χ4v) is 2.84. The van der Waals surface area contributed by atoms with Gasteiger partial charge in [-0.3, -0.25) is 4.98 Å². The van der Waals surface area contributed by atoms with Gasteiger partial charge in [-0.1, -0.05) is 36.0 Å². The van der Waals surface area contributed by atoms with Crippen LogP contribution in [-0.2, 0) is 20.1 Å². The molecule has 0 saturated heterocycles. The second kappa shape index (κ2) is 5.14. The quantitative estimate of drug-likeness (QED) is 0.441. The molecule has 3 nitrogen and oxygen atoms in total. The van der Waals surface area contributed by atoms with Crippen molar-refractivity contribution in [2.75, 3.05) is 0 Å². The van der Waals surface area contributed by atoms with E-state index in [4.69, 9.17) is 4.98 Å². The summed E-state index contributed by atoms with van der Waals surface area (Å²) < 4.78 is 2.14. The van der Waals surface area contributed by atoms with Crippen molar-refractivity contribution in [2.45, 2.75) is 13.8 Å². The van der Waals surface area contributed by atoms with Gasteiger partial charge in [0, 0.05) is 26.3 Å². The summed E-state index contributed by atoms with van der Waals surface area (Å²) in [6, 6.07) is 14.4. The number of aryl methyl sites for hydroxylation is 2. The zero-order valence-corrected chi connectivity index (χ0v) is 14.2. The molecular weight excluding hydrogens is 438 g/mol. The van der Waals surface area contributed by atoms with Crippen LogP contribution in [0.1, 0.15) is 11.3 Å². The fraction of sp³-hybridized carbons (Fsp3) is 0.118. The van der Waals surface area contributed by atoms with E-state index in [1.807, 2.05) is 24.4 Å². The average Bonchev–Trinajstić information content (AvgIpc) is 2.95. The molecule has 0 aliphatic carbocycles. The first kappa shape index (κ1) is 14.1. The minimum absolute atomic E-state index is 0. The Morgan fingerprint density at radius 2 is 1.76 bits per heavy atom. The Kier molecular flexibility index (Phi) is 3.44. The molecule has 0 atom stereocenters. The third kappa shape index (κ3) is 1.95. The van der Waals surface area contributed by atoms with Crippen LogP contribution in [0.5, 0.6) is 0 Å². The van der Waals surface area contributed by atoms with Crippen LogP contribution in [0.25, 0.3) is 27.8 Å². The molecule has 0 spiro atoms. The van der Waals surface area contributed by atoms with Crippen molar-refractivity contribution in [3.8, 4) is 5.82 Å². The number of rotatable bonds is 1. The van der Waals surface area contributed by atoms with Gasteiger partial charge in [0.05, 0.1) is 5.82 Å². The maximum absolute atomic E-state index is 4.75. The molecule has 1 aromatic carbocycles. The molecule has 1 radical (unpaired) electrons. The number of hydrogen-bond acceptors (Lipinski definition) is 1. The van der Waals surface area contributed by atoms with Crippen molar-refractivity contribution in [1.82, 2.24) is 14.5 Å². The van der Waals surface area contributed by atoms with Crippen molar-refractivity contribution in [1.29, 1.82) is 0 Å². The summed E-state index contributed by atoms with van der Waals surface area (Å²) in [5.74, 6) is 0.913. The molecular formula is C17H14IrN3-. The van der Waals surface area contributed by atoms with Crippen LogP contribution in [0.15, 0.2) is 48.7 Å². The Hall–Kier alpha value is -1.90. The largest absolute Gasteiger partial charge is 0.439 e. The third-order valence-electron chi connectivity index (χ3n) is 3.92. The monoisotopic (exact) mass is 453 g/mol. The first-order valence-corrected chi connectivity index (χ1v) is 6.72. The smallest absolute Gasteiger partial charge is 0.0549 e. The van der Waals surface area contributed by atoms with Gasteiger partial charge >= 0.3 is 0 Å². The van der Waals surface area contributed by atoms with Crippen molar-refractivity contribution in [3.05, 3.63) is 59.9 Å². The zero-order chi connectivity index (χ0) is 13.7. The molecule has 0 unspecified atom stereocenters. The number of para-hydroxylation sites is 1. The molecule has 4 rings (SSSR count). The summed E-state index contributed by atoms with van der Waals surface area (Å²) in [6.07, 6.45) is 1.82. The van der Waals surface area contributed by atoms with E-state index >= 15 is 0 Å². The Morgan fingerprint density at radius 3 is 2.52 bits per heavy atom. The molecule has 0 bridgehead atoms. The van der Waals surface area contributed by atoms with Gasteiger partial charge in [-0.15, -0.1) is 0 Å². The standard InChI is InChI=1S/C17H14N3.Ir/c1-11-12(2)19-17-16(11)13-7-3-4-8-14(13)20(17)15-9-5-6-10-18-15;/h3-10H,1-2H3;/q-1;. The van der Waals surface area contributed by atoms with Crippen LogP contribution >= 0.6 is 0 Å². The molecule has 0 amide bonds. The molecule has 0 fully saturated rings. The van der Waals surface area contributed by atoms with Crippen LogP contribution in [0.4, 0.5) is 0 Å². The second-order valence-electron chi connectivity index (χ2n) is 5.06. The van der Waals surface area contributed by atoms with E-state index in [2.05, 4.69) is 47.7 Å². The van der Waals surface area contributed by atoms with Gasteiger partial charge in [0.15, 0.2) is 0 Å². The number of fused-ring (bicyclic) bond motifs is 3. The van der Waals surface area contributed by atoms with E-state index in [1.165, 1.54) is 16.3 Å². The molecule has 107 valence electrons. The minimum Gasteiger partial charge on any atom is -0.439 e. The summed E-state index contributed by atoms with van der Waals surface area (Å²) >= 11 is 0. The molecule has 3 heterocycles. The van der Waals surface area contributed by atoms with Crippen LogP contribution in [0.2, 0.25) is 0 Å². The van der Waals surface area contributed by atoms with Gasteiger partial charge in [0.25, 0.3) is 0 Å². The maximum Gasteiger partial charge on any atom is 0.0549 e. The van der Waals surface area contributed by atoms with Gasteiger partial charge in [-0.2, -0.15) is 0 Å². The van der Waals surface area contributed by atoms with Gasteiger partial charge in [-0.05, 0) is 53.5 Å². The maximum atomic E-state index is 4.75. The van der Waals surface area contributed by atoms with Crippen molar-refractivity contribution in [3.63, 3.8) is 0 Å². The number of pyridine rings is 1. The van der Waals surface area contributed by atoms with E-state index in [-0.39, 0.29) is 20.1 Å². The topological polar surface area (TPSA) is 31.9 Å². The van der Waals surface area contributed by atoms with Crippen molar-refractivity contribution < 1.29 is 20.1 Å². The van der Waals surface area contributed by atoms with E-state index in [9.17, 15) is 0 Å². The first-order valence-electron chi connectivity index (χ1n) is 6.72. The SMILES string of the molecule is Cc1[n-]c2c(c1C)c1ccccc1n2-c1ccccn1.[Ir]. The molecule has 4 aromatic rings. The molecule has 0 aliphatic heterocycles. The number of benzene rings is 1. The third-order valence-corrected chi connectivity index (χ3v) is 3.92. The van der Waals surface area contributed by atoms with E-state index in [0.717, 1.165) is 22.7 Å². The Labute approximate surface area is 136 Å². The summed E-state index contributed by atoms with van der Waals surface area (Å²) in [5, 5.41) is 2.48. The predicted octanol–water partition coefficient (Wildman–Crippen LogP) is 3.75. The molecule has 4 heteroatoms. The molecule has 0 saturated carbocycles. The van der Waals surface area contributed by atoms with Crippen molar-refractivity contribution in [2.24, 2.45) is 0 Å². The summed E-state index contributed by atoms with van der Waals surface area (Å²) in [5.41, 5.74) is 4.50. The summed E-state index contributed by atoms with van der Waals surface area (Å²) in [6.45, 7) is 4.20. The van der Waals surface area contributed by atoms with Crippen LogP contribution in [-0.4, -0.2) is 9.55 Å². The number of aromatic nitrogens is 3. The average molecular weight is 453 g/mol. The molecule has 3 aromatic heterocycles. The van der Waals surface area contributed by atoms with Crippen LogP contribution in [0, 0.1) is 13.8 Å². The van der Waals surface area contributed by atoms with Crippen LogP contribution in [0.3, 0.4) is 0 Å². The van der Waals surface area contributed by atoms with Crippen LogP contribution < -0.4 is 4.98 Å². The van der Waals surface area contributed by atoms with Gasteiger partial charge in [0.1, 0.15) is 0 Å². The minimum atomic E-state index is 0. The summed E-state index contributed by atoms with van der Waals surface area (Å²) in [7, 11) is 0. The second-order valence-corrected chi connectivity index (χ2v) is 5.06. The van der Waals surface area contributed by atoms with E-state index in [0.29, 0.717) is 0 Å². The molecule has 21 heavy (non-hydrogen) atoms. The Morgan fingerprint density at radius 1 is 1.00 bits per heavy atom. The Balaban J connectivity index is 0.00000132. The summed E-state index contributed by atoms with van der Waals surface area (Å²) in [4.78, 5) is 9.23. The normalized spacial score (nSPS) is 11.0. The number of hydrogen-bond donors (Lipinski definition) is 0. The number of nitrogens with zero attached hydrogens (tertiary/aromatic N) is 3. The zero-order valence-electron chi connectivity index (χ0n) is 11.8. The van der Waals surface area contributed by atoms with Crippen molar-refractivity contribution >= 4 is 21.9 Å². The van der Waals surface area contributed by atoms with Gasteiger partial charge < -0.3 is 9.55 Å². The van der Waals surface area contributed by atoms with Gasteiger partial charge in [-0.25, -0.2) is 0 Å². The van der Waals surface area contributed by atoms with E-state index < -0.39 is 0 Å². The van der Waals surface area contributed by atoms with Gasteiger partial charge in [0.2, 0.25) is 0 Å².